The number of carbonyl (C=O) groups is 1. The third-order valence-electron chi connectivity index (χ3n) is 2.86. The lowest BCUT2D eigenvalue weighted by Gasteiger charge is -2.19. The van der Waals surface area contributed by atoms with E-state index in [1.54, 1.807) is 11.8 Å². The zero-order valence-electron chi connectivity index (χ0n) is 9.65. The van der Waals surface area contributed by atoms with Crippen LogP contribution in [0.25, 0.3) is 0 Å². The Hall–Kier alpha value is -0.830. The topological polar surface area (TPSA) is 40.5 Å². The molecular weight excluding hydrogens is 190 g/mol. The van der Waals surface area contributed by atoms with E-state index >= 15 is 0 Å². The summed E-state index contributed by atoms with van der Waals surface area (Å²) in [6, 6.07) is 0. The van der Waals surface area contributed by atoms with E-state index in [-0.39, 0.29) is 12.0 Å². The molecule has 3 heteroatoms. The molecule has 1 amide bonds. The van der Waals surface area contributed by atoms with Gasteiger partial charge in [-0.3, -0.25) is 4.79 Å². The van der Waals surface area contributed by atoms with E-state index in [1.807, 2.05) is 7.05 Å². The van der Waals surface area contributed by atoms with Crippen molar-refractivity contribution in [3.8, 4) is 0 Å². The molecule has 0 bridgehead atoms. The summed E-state index contributed by atoms with van der Waals surface area (Å²) in [5.74, 6) is 0.624. The Balaban J connectivity index is 2.23. The SMILES string of the molecule is CC(O)CCN(C)C(=O)CC1C=CCC1. The second-order valence-electron chi connectivity index (χ2n) is 4.42. The van der Waals surface area contributed by atoms with E-state index in [0.717, 1.165) is 12.8 Å². The molecule has 0 fully saturated rings. The molecule has 0 aromatic rings. The van der Waals surface area contributed by atoms with Crippen LogP contribution < -0.4 is 0 Å². The van der Waals surface area contributed by atoms with Gasteiger partial charge in [0.15, 0.2) is 0 Å². The van der Waals surface area contributed by atoms with Crippen LogP contribution in [0.4, 0.5) is 0 Å². The molecule has 3 nitrogen and oxygen atoms in total. The lowest BCUT2D eigenvalue weighted by atomic mass is 10.0. The third-order valence-corrected chi connectivity index (χ3v) is 2.86. The second kappa shape index (κ2) is 5.91. The van der Waals surface area contributed by atoms with Gasteiger partial charge in [0.25, 0.3) is 0 Å². The lowest BCUT2D eigenvalue weighted by Crippen LogP contribution is -2.30. The van der Waals surface area contributed by atoms with E-state index in [4.69, 9.17) is 5.11 Å². The van der Waals surface area contributed by atoms with Gasteiger partial charge in [-0.05, 0) is 32.1 Å². The van der Waals surface area contributed by atoms with Crippen molar-refractivity contribution < 1.29 is 9.90 Å². The summed E-state index contributed by atoms with van der Waals surface area (Å²) in [5.41, 5.74) is 0. The number of aliphatic hydroxyl groups excluding tert-OH is 1. The summed E-state index contributed by atoms with van der Waals surface area (Å²) in [6.45, 7) is 2.39. The van der Waals surface area contributed by atoms with Crippen LogP contribution in [0, 0.1) is 5.92 Å². The van der Waals surface area contributed by atoms with E-state index in [0.29, 0.717) is 25.3 Å². The predicted octanol–water partition coefficient (Wildman–Crippen LogP) is 1.57. The van der Waals surface area contributed by atoms with Crippen LogP contribution >= 0.6 is 0 Å². The maximum Gasteiger partial charge on any atom is 0.222 e. The Morgan fingerprint density at radius 3 is 2.93 bits per heavy atom. The number of hydrogen-bond donors (Lipinski definition) is 1. The van der Waals surface area contributed by atoms with Gasteiger partial charge in [0.05, 0.1) is 6.10 Å². The normalized spacial score (nSPS) is 21.7. The van der Waals surface area contributed by atoms with E-state index < -0.39 is 0 Å². The molecule has 0 saturated carbocycles. The summed E-state index contributed by atoms with van der Waals surface area (Å²) < 4.78 is 0. The number of aliphatic hydroxyl groups is 1. The van der Waals surface area contributed by atoms with Gasteiger partial charge in [-0.2, -0.15) is 0 Å². The quantitative estimate of drug-likeness (QED) is 0.701. The monoisotopic (exact) mass is 211 g/mol. The molecule has 0 saturated heterocycles. The van der Waals surface area contributed by atoms with E-state index in [9.17, 15) is 4.79 Å². The van der Waals surface area contributed by atoms with Crippen LogP contribution in [0.15, 0.2) is 12.2 Å². The predicted molar refractivity (Wildman–Crippen MR) is 60.4 cm³/mol. The van der Waals surface area contributed by atoms with Gasteiger partial charge in [0.2, 0.25) is 5.91 Å². The lowest BCUT2D eigenvalue weighted by molar-refractivity contribution is -0.130. The van der Waals surface area contributed by atoms with Gasteiger partial charge in [0.1, 0.15) is 0 Å². The molecule has 0 heterocycles. The molecule has 0 spiro atoms. The minimum atomic E-state index is -0.327. The van der Waals surface area contributed by atoms with Gasteiger partial charge in [-0.1, -0.05) is 12.2 Å². The standard InChI is InChI=1S/C12H21NO2/c1-10(14)7-8-13(2)12(15)9-11-5-3-4-6-11/h3,5,10-11,14H,4,6-9H2,1-2H3. The Bertz CT molecular complexity index is 236. The Kier molecular flexibility index (Phi) is 4.82. The van der Waals surface area contributed by atoms with Gasteiger partial charge in [-0.15, -0.1) is 0 Å². The van der Waals surface area contributed by atoms with E-state index in [1.165, 1.54) is 0 Å². The molecule has 1 aliphatic carbocycles. The fourth-order valence-electron chi connectivity index (χ4n) is 1.75. The number of rotatable bonds is 5. The van der Waals surface area contributed by atoms with Crippen molar-refractivity contribution in [1.29, 1.82) is 0 Å². The maximum absolute atomic E-state index is 11.7. The largest absolute Gasteiger partial charge is 0.393 e. The molecule has 0 aromatic heterocycles. The highest BCUT2D eigenvalue weighted by atomic mass is 16.3. The highest BCUT2D eigenvalue weighted by Crippen LogP contribution is 2.20. The molecule has 1 aliphatic rings. The van der Waals surface area contributed by atoms with Crippen molar-refractivity contribution in [2.24, 2.45) is 5.92 Å². The Morgan fingerprint density at radius 2 is 2.40 bits per heavy atom. The van der Waals surface area contributed by atoms with Crippen molar-refractivity contribution in [3.05, 3.63) is 12.2 Å². The maximum atomic E-state index is 11.7. The van der Waals surface area contributed by atoms with Crippen LogP contribution in [-0.2, 0) is 4.79 Å². The molecule has 15 heavy (non-hydrogen) atoms. The first-order valence-electron chi connectivity index (χ1n) is 5.68. The number of nitrogens with zero attached hydrogens (tertiary/aromatic N) is 1. The summed E-state index contributed by atoms with van der Waals surface area (Å²) in [6.07, 6.45) is 7.45. The highest BCUT2D eigenvalue weighted by molar-refractivity contribution is 5.76. The minimum absolute atomic E-state index is 0.187. The van der Waals surface area contributed by atoms with Crippen molar-refractivity contribution in [2.45, 2.75) is 38.7 Å². The summed E-state index contributed by atoms with van der Waals surface area (Å²) in [7, 11) is 1.81. The number of amides is 1. The number of allylic oxidation sites excluding steroid dienone is 2. The average Bonchev–Trinajstić information content (AvgIpc) is 2.66. The Labute approximate surface area is 91.8 Å². The van der Waals surface area contributed by atoms with E-state index in [2.05, 4.69) is 12.2 Å². The number of hydrogen-bond acceptors (Lipinski definition) is 2. The first kappa shape index (κ1) is 12.2. The Morgan fingerprint density at radius 1 is 1.67 bits per heavy atom. The van der Waals surface area contributed by atoms with Crippen molar-refractivity contribution in [3.63, 3.8) is 0 Å². The van der Waals surface area contributed by atoms with Crippen molar-refractivity contribution in [2.75, 3.05) is 13.6 Å². The second-order valence-corrected chi connectivity index (χ2v) is 4.42. The van der Waals surface area contributed by atoms with Crippen LogP contribution in [0.3, 0.4) is 0 Å². The zero-order chi connectivity index (χ0) is 11.3. The van der Waals surface area contributed by atoms with Gasteiger partial charge in [-0.25, -0.2) is 0 Å². The fraction of sp³-hybridized carbons (Fsp3) is 0.750. The molecule has 0 radical (unpaired) electrons. The molecule has 0 aromatic carbocycles. The third kappa shape index (κ3) is 4.47. The molecule has 2 unspecified atom stereocenters. The van der Waals surface area contributed by atoms with Crippen LogP contribution in [0.2, 0.25) is 0 Å². The highest BCUT2D eigenvalue weighted by Gasteiger charge is 2.16. The van der Waals surface area contributed by atoms with Crippen LogP contribution in [-0.4, -0.2) is 35.6 Å². The molecule has 86 valence electrons. The summed E-state index contributed by atoms with van der Waals surface area (Å²) in [4.78, 5) is 13.4. The summed E-state index contributed by atoms with van der Waals surface area (Å²) in [5, 5.41) is 9.12. The fourth-order valence-corrected chi connectivity index (χ4v) is 1.75. The van der Waals surface area contributed by atoms with Crippen molar-refractivity contribution in [1.82, 2.24) is 4.90 Å². The molecular formula is C12H21NO2. The zero-order valence-corrected chi connectivity index (χ0v) is 9.65. The van der Waals surface area contributed by atoms with Gasteiger partial charge < -0.3 is 10.0 Å². The smallest absolute Gasteiger partial charge is 0.222 e. The molecule has 1 rings (SSSR count). The van der Waals surface area contributed by atoms with Crippen LogP contribution in [0.1, 0.15) is 32.6 Å². The average molecular weight is 211 g/mol. The first-order chi connectivity index (χ1) is 7.09. The van der Waals surface area contributed by atoms with Crippen LogP contribution in [0.5, 0.6) is 0 Å². The molecule has 2 atom stereocenters. The molecule has 0 aliphatic heterocycles. The number of carbonyl (C=O) groups excluding carboxylic acids is 1. The van der Waals surface area contributed by atoms with Crippen molar-refractivity contribution >= 4 is 5.91 Å². The minimum Gasteiger partial charge on any atom is -0.393 e. The van der Waals surface area contributed by atoms with Gasteiger partial charge in [0, 0.05) is 20.0 Å². The molecule has 1 N–H and O–H groups in total. The summed E-state index contributed by atoms with van der Waals surface area (Å²) >= 11 is 0. The van der Waals surface area contributed by atoms with Gasteiger partial charge >= 0.3 is 0 Å². The first-order valence-corrected chi connectivity index (χ1v) is 5.68.